The number of ketones is 1. The third-order valence-electron chi connectivity index (χ3n) is 2.20. The van der Waals surface area contributed by atoms with Gasteiger partial charge in [-0.15, -0.1) is 0 Å². The van der Waals surface area contributed by atoms with Crippen LogP contribution in [0.2, 0.25) is 0 Å². The van der Waals surface area contributed by atoms with Gasteiger partial charge < -0.3 is 5.11 Å². The summed E-state index contributed by atoms with van der Waals surface area (Å²) in [5, 5.41) is 9.23. The van der Waals surface area contributed by atoms with E-state index in [9.17, 15) is 9.90 Å². The van der Waals surface area contributed by atoms with E-state index in [4.69, 9.17) is 0 Å². The van der Waals surface area contributed by atoms with Gasteiger partial charge in [0.05, 0.1) is 6.10 Å². The van der Waals surface area contributed by atoms with E-state index in [0.717, 1.165) is 0 Å². The number of hydrogen-bond acceptors (Lipinski definition) is 2. The summed E-state index contributed by atoms with van der Waals surface area (Å²) >= 11 is 0. The van der Waals surface area contributed by atoms with E-state index in [1.807, 2.05) is 18.2 Å². The van der Waals surface area contributed by atoms with Gasteiger partial charge in [0.2, 0.25) is 0 Å². The predicted molar refractivity (Wildman–Crippen MR) is 51.6 cm³/mol. The second kappa shape index (κ2) is 4.19. The molecule has 0 saturated carbocycles. The van der Waals surface area contributed by atoms with Gasteiger partial charge >= 0.3 is 0 Å². The monoisotopic (exact) mass is 178 g/mol. The van der Waals surface area contributed by atoms with E-state index >= 15 is 0 Å². The van der Waals surface area contributed by atoms with Crippen LogP contribution in [-0.2, 0) is 0 Å². The van der Waals surface area contributed by atoms with Crippen molar-refractivity contribution in [3.8, 4) is 0 Å². The number of aliphatic hydroxyl groups is 1. The first-order valence-electron chi connectivity index (χ1n) is 4.40. The molecule has 2 heteroatoms. The molecule has 1 rings (SSSR count). The number of aliphatic hydroxyl groups excluding tert-OH is 1. The molecule has 0 aliphatic rings. The van der Waals surface area contributed by atoms with Gasteiger partial charge in [-0.2, -0.15) is 0 Å². The van der Waals surface area contributed by atoms with Gasteiger partial charge in [-0.1, -0.05) is 37.3 Å². The average Bonchev–Trinajstić information content (AvgIpc) is 2.17. The van der Waals surface area contributed by atoms with E-state index in [2.05, 4.69) is 0 Å². The fraction of sp³-hybridized carbons (Fsp3) is 0.364. The van der Waals surface area contributed by atoms with Crippen LogP contribution in [0, 0.1) is 5.92 Å². The number of hydrogen-bond donors (Lipinski definition) is 1. The maximum atomic E-state index is 11.6. The summed E-state index contributed by atoms with van der Waals surface area (Å²) in [4.78, 5) is 11.6. The third-order valence-corrected chi connectivity index (χ3v) is 2.20. The fourth-order valence-electron chi connectivity index (χ4n) is 1.08. The molecule has 70 valence electrons. The lowest BCUT2D eigenvalue weighted by molar-refractivity contribution is 0.0759. The predicted octanol–water partition coefficient (Wildman–Crippen LogP) is 1.89. The number of carbonyl (C=O) groups is 1. The van der Waals surface area contributed by atoms with Gasteiger partial charge in [0.25, 0.3) is 0 Å². The molecule has 0 aromatic heterocycles. The van der Waals surface area contributed by atoms with Crippen LogP contribution in [0.5, 0.6) is 0 Å². The second-order valence-corrected chi connectivity index (χ2v) is 3.26. The minimum Gasteiger partial charge on any atom is -0.393 e. The lowest BCUT2D eigenvalue weighted by atomic mass is 9.95. The summed E-state index contributed by atoms with van der Waals surface area (Å²) in [5.74, 6) is -0.335. The summed E-state index contributed by atoms with van der Waals surface area (Å²) in [6.45, 7) is 3.37. The standard InChI is InChI=1S/C11H14O2/c1-8(9(2)12)11(13)10-6-4-3-5-7-10/h3-9,12H,1-2H3/t8-,9-/m1/s1. The van der Waals surface area contributed by atoms with Crippen LogP contribution in [0.3, 0.4) is 0 Å². The number of carbonyl (C=O) groups excluding carboxylic acids is 1. The zero-order chi connectivity index (χ0) is 9.84. The molecule has 0 radical (unpaired) electrons. The molecule has 1 N–H and O–H groups in total. The van der Waals surface area contributed by atoms with E-state index in [-0.39, 0.29) is 11.7 Å². The Balaban J connectivity index is 2.80. The van der Waals surface area contributed by atoms with E-state index in [1.165, 1.54) is 0 Å². The van der Waals surface area contributed by atoms with Crippen molar-refractivity contribution in [3.63, 3.8) is 0 Å². The molecular weight excluding hydrogens is 164 g/mol. The van der Waals surface area contributed by atoms with Crippen molar-refractivity contribution in [2.75, 3.05) is 0 Å². The first kappa shape index (κ1) is 9.93. The van der Waals surface area contributed by atoms with Crippen molar-refractivity contribution in [3.05, 3.63) is 35.9 Å². The van der Waals surface area contributed by atoms with Crippen LogP contribution in [0.1, 0.15) is 24.2 Å². The zero-order valence-electron chi connectivity index (χ0n) is 7.90. The minimum atomic E-state index is -0.590. The SMILES string of the molecule is C[C@@H](O)[C@@H](C)C(=O)c1ccccc1. The second-order valence-electron chi connectivity index (χ2n) is 3.26. The van der Waals surface area contributed by atoms with Gasteiger partial charge in [0, 0.05) is 11.5 Å². The molecule has 0 aliphatic heterocycles. The first-order valence-corrected chi connectivity index (χ1v) is 4.40. The Hall–Kier alpha value is -1.15. The summed E-state index contributed by atoms with van der Waals surface area (Å²) in [6.07, 6.45) is -0.590. The highest BCUT2D eigenvalue weighted by Gasteiger charge is 2.18. The Bertz CT molecular complexity index is 277. The van der Waals surface area contributed by atoms with Gasteiger partial charge in [-0.25, -0.2) is 0 Å². The molecule has 0 fully saturated rings. The molecule has 1 aromatic rings. The number of Topliss-reactive ketones (excluding diaryl/α,β-unsaturated/α-hetero) is 1. The summed E-state index contributed by atoms with van der Waals surface area (Å²) in [6, 6.07) is 9.04. The Morgan fingerprint density at radius 2 is 1.77 bits per heavy atom. The molecule has 0 aliphatic carbocycles. The molecule has 0 heterocycles. The van der Waals surface area contributed by atoms with Gasteiger partial charge in [-0.3, -0.25) is 4.79 Å². The van der Waals surface area contributed by atoms with E-state index in [0.29, 0.717) is 5.56 Å². The molecule has 2 atom stereocenters. The topological polar surface area (TPSA) is 37.3 Å². The molecule has 0 spiro atoms. The van der Waals surface area contributed by atoms with Crippen molar-refractivity contribution in [1.82, 2.24) is 0 Å². The third kappa shape index (κ3) is 2.39. The Labute approximate surface area is 78.2 Å². The van der Waals surface area contributed by atoms with Crippen molar-refractivity contribution >= 4 is 5.78 Å². The maximum absolute atomic E-state index is 11.6. The molecule has 1 aromatic carbocycles. The number of rotatable bonds is 3. The Morgan fingerprint density at radius 3 is 2.23 bits per heavy atom. The smallest absolute Gasteiger partial charge is 0.168 e. The molecule has 0 saturated heterocycles. The number of benzene rings is 1. The van der Waals surface area contributed by atoms with Crippen LogP contribution < -0.4 is 0 Å². The fourth-order valence-corrected chi connectivity index (χ4v) is 1.08. The lowest BCUT2D eigenvalue weighted by Gasteiger charge is -2.12. The first-order chi connectivity index (χ1) is 6.13. The van der Waals surface area contributed by atoms with Crippen molar-refractivity contribution in [2.24, 2.45) is 5.92 Å². The van der Waals surface area contributed by atoms with E-state index in [1.54, 1.807) is 26.0 Å². The van der Waals surface area contributed by atoms with Crippen molar-refractivity contribution in [1.29, 1.82) is 0 Å². The van der Waals surface area contributed by atoms with E-state index < -0.39 is 6.10 Å². The Kier molecular flexibility index (Phi) is 3.20. The minimum absolute atomic E-state index is 0.00407. The highest BCUT2D eigenvalue weighted by Crippen LogP contribution is 2.11. The van der Waals surface area contributed by atoms with Crippen molar-refractivity contribution in [2.45, 2.75) is 20.0 Å². The molecule has 0 unspecified atom stereocenters. The normalized spacial score (nSPS) is 15.0. The van der Waals surface area contributed by atoms with Gasteiger partial charge in [-0.05, 0) is 6.92 Å². The van der Waals surface area contributed by atoms with Crippen LogP contribution >= 0.6 is 0 Å². The van der Waals surface area contributed by atoms with Crippen LogP contribution in [0.4, 0.5) is 0 Å². The van der Waals surface area contributed by atoms with Crippen LogP contribution in [0.15, 0.2) is 30.3 Å². The zero-order valence-corrected chi connectivity index (χ0v) is 7.90. The van der Waals surface area contributed by atoms with Gasteiger partial charge in [0.1, 0.15) is 0 Å². The highest BCUT2D eigenvalue weighted by molar-refractivity contribution is 5.97. The summed E-state index contributed by atoms with van der Waals surface area (Å²) in [7, 11) is 0. The molecule has 0 amide bonds. The molecular formula is C11H14O2. The highest BCUT2D eigenvalue weighted by atomic mass is 16.3. The Morgan fingerprint density at radius 1 is 1.23 bits per heavy atom. The maximum Gasteiger partial charge on any atom is 0.168 e. The molecule has 13 heavy (non-hydrogen) atoms. The van der Waals surface area contributed by atoms with Crippen molar-refractivity contribution < 1.29 is 9.90 Å². The van der Waals surface area contributed by atoms with Crippen LogP contribution in [-0.4, -0.2) is 17.0 Å². The van der Waals surface area contributed by atoms with Gasteiger partial charge in [0.15, 0.2) is 5.78 Å². The summed E-state index contributed by atoms with van der Waals surface area (Å²) in [5.41, 5.74) is 0.663. The molecule has 2 nitrogen and oxygen atoms in total. The lowest BCUT2D eigenvalue weighted by Crippen LogP contribution is -2.22. The summed E-state index contributed by atoms with van der Waals surface area (Å²) < 4.78 is 0. The molecule has 0 bridgehead atoms. The largest absolute Gasteiger partial charge is 0.393 e. The average molecular weight is 178 g/mol. The van der Waals surface area contributed by atoms with Crippen LogP contribution in [0.25, 0.3) is 0 Å². The quantitative estimate of drug-likeness (QED) is 0.717.